The zero-order chi connectivity index (χ0) is 15.6. The molecule has 0 atom stereocenters. The van der Waals surface area contributed by atoms with Crippen LogP contribution in [0.4, 0.5) is 18.9 Å². The molecule has 1 saturated carbocycles. The molecule has 1 fully saturated rings. The number of nitrogens with zero attached hydrogens (tertiary/aromatic N) is 1. The zero-order valence-electron chi connectivity index (χ0n) is 11.0. The summed E-state index contributed by atoms with van der Waals surface area (Å²) in [7, 11) is 0. The van der Waals surface area contributed by atoms with Crippen LogP contribution < -0.4 is 11.1 Å². The van der Waals surface area contributed by atoms with Gasteiger partial charge in [0, 0.05) is 17.8 Å². The lowest BCUT2D eigenvalue weighted by molar-refractivity contribution is -0.122. The minimum Gasteiger partial charge on any atom is -0.409 e. The minimum absolute atomic E-state index is 0.228. The van der Waals surface area contributed by atoms with Crippen molar-refractivity contribution in [3.63, 3.8) is 0 Å². The molecule has 1 amide bonds. The fourth-order valence-electron chi connectivity index (χ4n) is 2.55. The van der Waals surface area contributed by atoms with Gasteiger partial charge >= 0.3 is 0 Å². The van der Waals surface area contributed by atoms with Crippen molar-refractivity contribution in [2.45, 2.75) is 25.7 Å². The summed E-state index contributed by atoms with van der Waals surface area (Å²) in [4.78, 5) is 12.3. The van der Waals surface area contributed by atoms with Gasteiger partial charge in [-0.15, -0.1) is 0 Å². The van der Waals surface area contributed by atoms with Crippen LogP contribution >= 0.6 is 0 Å². The first kappa shape index (κ1) is 15.1. The molecule has 8 heteroatoms. The highest BCUT2D eigenvalue weighted by atomic mass is 19.2. The van der Waals surface area contributed by atoms with E-state index in [-0.39, 0.29) is 11.5 Å². The lowest BCUT2D eigenvalue weighted by atomic mass is 9.83. The standard InChI is InChI=1S/C13H14F3N3O2/c14-8-5-7(6-9(15)10(8)16)18-12(20)13(11(17)19-21)3-1-2-4-13/h5-6,21H,1-4H2,(H2,17,19)(H,18,20). The third-order valence-corrected chi connectivity index (χ3v) is 3.73. The van der Waals surface area contributed by atoms with Gasteiger partial charge in [0.15, 0.2) is 23.3 Å². The van der Waals surface area contributed by atoms with Crippen LogP contribution in [0, 0.1) is 22.9 Å². The molecule has 0 aliphatic heterocycles. The Morgan fingerprint density at radius 3 is 2.24 bits per heavy atom. The van der Waals surface area contributed by atoms with Crippen LogP contribution in [-0.4, -0.2) is 17.0 Å². The highest BCUT2D eigenvalue weighted by Crippen LogP contribution is 2.39. The Balaban J connectivity index is 2.28. The number of hydrogen-bond acceptors (Lipinski definition) is 3. The molecule has 0 bridgehead atoms. The van der Waals surface area contributed by atoms with Crippen LogP contribution in [0.5, 0.6) is 0 Å². The van der Waals surface area contributed by atoms with E-state index < -0.39 is 28.8 Å². The maximum atomic E-state index is 13.1. The van der Waals surface area contributed by atoms with Gasteiger partial charge in [-0.2, -0.15) is 0 Å². The number of benzene rings is 1. The largest absolute Gasteiger partial charge is 0.409 e. The van der Waals surface area contributed by atoms with Gasteiger partial charge in [-0.1, -0.05) is 18.0 Å². The molecule has 0 unspecified atom stereocenters. The van der Waals surface area contributed by atoms with Crippen molar-refractivity contribution in [3.8, 4) is 0 Å². The van der Waals surface area contributed by atoms with Crippen LogP contribution in [0.1, 0.15) is 25.7 Å². The lowest BCUT2D eigenvalue weighted by Gasteiger charge is -2.26. The summed E-state index contributed by atoms with van der Waals surface area (Å²) in [5.74, 6) is -5.31. The number of halogens is 3. The van der Waals surface area contributed by atoms with E-state index in [9.17, 15) is 18.0 Å². The number of rotatable bonds is 3. The molecular weight excluding hydrogens is 287 g/mol. The molecule has 4 N–H and O–H groups in total. The fourth-order valence-corrected chi connectivity index (χ4v) is 2.55. The van der Waals surface area contributed by atoms with E-state index in [1.54, 1.807) is 0 Å². The van der Waals surface area contributed by atoms with Crippen molar-refractivity contribution in [2.75, 3.05) is 5.32 Å². The molecule has 114 valence electrons. The molecule has 1 aliphatic rings. The summed E-state index contributed by atoms with van der Waals surface area (Å²) in [6.07, 6.45) is 2.13. The summed E-state index contributed by atoms with van der Waals surface area (Å²) >= 11 is 0. The quantitative estimate of drug-likeness (QED) is 0.263. The van der Waals surface area contributed by atoms with Gasteiger partial charge in [-0.25, -0.2) is 13.2 Å². The van der Waals surface area contributed by atoms with E-state index in [1.807, 2.05) is 0 Å². The maximum absolute atomic E-state index is 13.1. The monoisotopic (exact) mass is 301 g/mol. The van der Waals surface area contributed by atoms with Crippen molar-refractivity contribution in [1.82, 2.24) is 0 Å². The van der Waals surface area contributed by atoms with Crippen LogP contribution in [0.25, 0.3) is 0 Å². The number of oxime groups is 1. The van der Waals surface area contributed by atoms with E-state index in [0.717, 1.165) is 0 Å². The molecular formula is C13H14F3N3O2. The smallest absolute Gasteiger partial charge is 0.238 e. The second kappa shape index (κ2) is 5.63. The number of nitrogens with two attached hydrogens (primary N) is 1. The molecule has 1 aromatic rings. The van der Waals surface area contributed by atoms with Gasteiger partial charge < -0.3 is 16.3 Å². The Labute approximate surface area is 118 Å². The van der Waals surface area contributed by atoms with Gasteiger partial charge in [0.1, 0.15) is 5.41 Å². The summed E-state index contributed by atoms with van der Waals surface area (Å²) in [6.45, 7) is 0. The third-order valence-electron chi connectivity index (χ3n) is 3.73. The number of anilines is 1. The SMILES string of the molecule is NC(=NO)C1(C(=O)Nc2cc(F)c(F)c(F)c2)CCCC1. The van der Waals surface area contributed by atoms with Crippen LogP contribution in [0.2, 0.25) is 0 Å². The van der Waals surface area contributed by atoms with E-state index in [4.69, 9.17) is 10.9 Å². The van der Waals surface area contributed by atoms with Gasteiger partial charge in [0.25, 0.3) is 0 Å². The first-order chi connectivity index (χ1) is 9.90. The highest BCUT2D eigenvalue weighted by molar-refractivity contribution is 6.12. The van der Waals surface area contributed by atoms with Crippen LogP contribution in [0.15, 0.2) is 17.3 Å². The Kier molecular flexibility index (Phi) is 4.06. The summed E-state index contributed by atoms with van der Waals surface area (Å²) in [6, 6.07) is 1.34. The molecule has 0 heterocycles. The summed E-state index contributed by atoms with van der Waals surface area (Å²) in [5, 5.41) is 14.0. The van der Waals surface area contributed by atoms with E-state index in [1.165, 1.54) is 0 Å². The zero-order valence-corrected chi connectivity index (χ0v) is 11.0. The molecule has 21 heavy (non-hydrogen) atoms. The number of amides is 1. The van der Waals surface area contributed by atoms with Crippen LogP contribution in [-0.2, 0) is 4.79 Å². The minimum atomic E-state index is -1.61. The number of carbonyl (C=O) groups excluding carboxylic acids is 1. The average Bonchev–Trinajstić information content (AvgIpc) is 2.94. The van der Waals surface area contributed by atoms with Crippen molar-refractivity contribution >= 4 is 17.4 Å². The lowest BCUT2D eigenvalue weighted by Crippen LogP contribution is -2.45. The fraction of sp³-hybridized carbons (Fsp3) is 0.385. The van der Waals surface area contributed by atoms with Crippen LogP contribution in [0.3, 0.4) is 0 Å². The Hall–Kier alpha value is -2.25. The van der Waals surface area contributed by atoms with E-state index in [0.29, 0.717) is 37.8 Å². The average molecular weight is 301 g/mol. The van der Waals surface area contributed by atoms with Crippen molar-refractivity contribution in [3.05, 3.63) is 29.6 Å². The second-order valence-corrected chi connectivity index (χ2v) is 4.98. The molecule has 5 nitrogen and oxygen atoms in total. The summed E-state index contributed by atoms with van der Waals surface area (Å²) < 4.78 is 39.1. The predicted molar refractivity (Wildman–Crippen MR) is 69.3 cm³/mol. The Morgan fingerprint density at radius 1 is 1.24 bits per heavy atom. The van der Waals surface area contributed by atoms with E-state index in [2.05, 4.69) is 10.5 Å². The number of carbonyl (C=O) groups is 1. The topological polar surface area (TPSA) is 87.7 Å². The molecule has 1 aromatic carbocycles. The Morgan fingerprint density at radius 2 is 1.76 bits per heavy atom. The maximum Gasteiger partial charge on any atom is 0.238 e. The van der Waals surface area contributed by atoms with E-state index >= 15 is 0 Å². The molecule has 2 rings (SSSR count). The van der Waals surface area contributed by atoms with Gasteiger partial charge in [-0.3, -0.25) is 4.79 Å². The van der Waals surface area contributed by atoms with Gasteiger partial charge in [0.2, 0.25) is 5.91 Å². The normalized spacial score (nSPS) is 17.8. The van der Waals surface area contributed by atoms with Crippen molar-refractivity contribution in [1.29, 1.82) is 0 Å². The number of hydrogen-bond donors (Lipinski definition) is 3. The molecule has 0 aromatic heterocycles. The highest BCUT2D eigenvalue weighted by Gasteiger charge is 2.45. The molecule has 0 saturated heterocycles. The number of nitrogens with one attached hydrogen (secondary N) is 1. The first-order valence-electron chi connectivity index (χ1n) is 6.35. The van der Waals surface area contributed by atoms with Crippen molar-refractivity contribution < 1.29 is 23.2 Å². The van der Waals surface area contributed by atoms with Crippen molar-refractivity contribution in [2.24, 2.45) is 16.3 Å². The third kappa shape index (κ3) is 2.65. The number of amidine groups is 1. The Bertz CT molecular complexity index is 575. The molecule has 0 spiro atoms. The van der Waals surface area contributed by atoms with Gasteiger partial charge in [-0.05, 0) is 12.8 Å². The summed E-state index contributed by atoms with van der Waals surface area (Å²) in [5.41, 5.74) is 4.14. The first-order valence-corrected chi connectivity index (χ1v) is 6.35. The predicted octanol–water partition coefficient (Wildman–Crippen LogP) is 2.35. The van der Waals surface area contributed by atoms with Gasteiger partial charge in [0.05, 0.1) is 0 Å². The second-order valence-electron chi connectivity index (χ2n) is 4.98. The molecule has 0 radical (unpaired) electrons. The molecule has 1 aliphatic carbocycles.